The first-order valence-corrected chi connectivity index (χ1v) is 18.9. The van der Waals surface area contributed by atoms with Gasteiger partial charge in [-0.2, -0.15) is 0 Å². The minimum Gasteiger partial charge on any atom is -0.472 e. The van der Waals surface area contributed by atoms with Gasteiger partial charge in [0.15, 0.2) is 11.3 Å². The van der Waals surface area contributed by atoms with Gasteiger partial charge in [-0.1, -0.05) is 123 Å². The molecule has 1 saturated heterocycles. The Labute approximate surface area is 310 Å². The van der Waals surface area contributed by atoms with Crippen LogP contribution < -0.4 is 9.64 Å². The highest BCUT2D eigenvalue weighted by molar-refractivity contribution is 6.10. The van der Waals surface area contributed by atoms with Crippen molar-refractivity contribution in [2.24, 2.45) is 0 Å². The maximum Gasteiger partial charge on any atom is 0.187 e. The molecule has 7 aromatic rings. The third-order valence-electron chi connectivity index (χ3n) is 12.4. The van der Waals surface area contributed by atoms with Gasteiger partial charge in [0, 0.05) is 46.3 Å². The van der Waals surface area contributed by atoms with E-state index in [1.807, 2.05) is 6.07 Å². The van der Waals surface area contributed by atoms with Gasteiger partial charge < -0.3 is 14.4 Å². The standard InChI is InChI=1S/C49H40N2O2/c1-4-48(5-2)44-31-36(50-3)20-23-41(44)45-39-12-8-9-13-40(39)47-42(46(45)48)24-25-49(53-47,34-18-21-37(22-19-34)51-26-28-52-29-27-51)35-17-16-33-15-14-32-10-6-7-11-38(32)43(33)30-35/h6-25,30-31H,4-5,26-29H2,1-2H3. The van der Waals surface area contributed by atoms with Crippen LogP contribution in [0.1, 0.15) is 54.5 Å². The molecule has 1 aliphatic carbocycles. The Balaban J connectivity index is 1.24. The Hall–Kier alpha value is -5.89. The first kappa shape index (κ1) is 31.8. The molecular formula is C49H40N2O2. The number of anilines is 1. The number of nitrogens with zero attached hydrogens (tertiary/aromatic N) is 2. The summed E-state index contributed by atoms with van der Waals surface area (Å²) in [6, 6.07) is 44.0. The number of benzene rings is 7. The van der Waals surface area contributed by atoms with Crippen LogP contribution in [0.4, 0.5) is 11.4 Å². The van der Waals surface area contributed by atoms with Crippen molar-refractivity contribution in [2.75, 3.05) is 31.2 Å². The highest BCUT2D eigenvalue weighted by Crippen LogP contribution is 2.60. The molecule has 4 heteroatoms. The molecule has 2 heterocycles. The molecule has 0 N–H and O–H groups in total. The maximum absolute atomic E-state index is 7.85. The maximum atomic E-state index is 7.85. The SMILES string of the molecule is [C-]#[N+]c1ccc2c(c1)C(CC)(CC)c1c3c(c4ccccc4c1-2)OC(c1ccc(N2CCOCC2)cc1)(c1ccc2ccc4ccccc4c2c1)C=C3. The molecule has 1 fully saturated rings. The lowest BCUT2D eigenvalue weighted by Crippen LogP contribution is -2.37. The topological polar surface area (TPSA) is 26.1 Å². The van der Waals surface area contributed by atoms with E-state index in [0.29, 0.717) is 5.69 Å². The van der Waals surface area contributed by atoms with Gasteiger partial charge in [-0.15, -0.1) is 0 Å². The summed E-state index contributed by atoms with van der Waals surface area (Å²) in [5.41, 5.74) is 9.19. The van der Waals surface area contributed by atoms with Crippen LogP contribution in [0.5, 0.6) is 5.75 Å². The number of hydrogen-bond donors (Lipinski definition) is 0. The fourth-order valence-corrected chi connectivity index (χ4v) is 9.65. The van der Waals surface area contributed by atoms with Crippen LogP contribution in [-0.2, 0) is 15.8 Å². The monoisotopic (exact) mass is 688 g/mol. The van der Waals surface area contributed by atoms with Crippen LogP contribution in [0, 0.1) is 6.57 Å². The summed E-state index contributed by atoms with van der Waals surface area (Å²) in [7, 11) is 0. The van der Waals surface area contributed by atoms with Crippen LogP contribution in [0.3, 0.4) is 0 Å². The molecule has 0 spiro atoms. The number of ether oxygens (including phenoxy) is 2. The average molecular weight is 689 g/mol. The van der Waals surface area contributed by atoms with Gasteiger partial charge in [0.2, 0.25) is 0 Å². The molecule has 4 nitrogen and oxygen atoms in total. The molecule has 258 valence electrons. The molecule has 2 aliphatic heterocycles. The second-order valence-electron chi connectivity index (χ2n) is 14.7. The van der Waals surface area contributed by atoms with E-state index in [4.69, 9.17) is 16.0 Å². The Kier molecular flexibility index (Phi) is 7.25. The summed E-state index contributed by atoms with van der Waals surface area (Å²) in [6.45, 7) is 15.7. The quantitative estimate of drug-likeness (QED) is 0.133. The van der Waals surface area contributed by atoms with Crippen LogP contribution in [0.15, 0.2) is 127 Å². The van der Waals surface area contributed by atoms with E-state index in [-0.39, 0.29) is 5.41 Å². The summed E-state index contributed by atoms with van der Waals surface area (Å²) < 4.78 is 13.4. The number of fused-ring (bicyclic) bond motifs is 11. The van der Waals surface area contributed by atoms with E-state index in [1.54, 1.807) is 0 Å². The summed E-state index contributed by atoms with van der Waals surface area (Å²) in [4.78, 5) is 6.26. The second-order valence-corrected chi connectivity index (χ2v) is 14.7. The largest absolute Gasteiger partial charge is 0.472 e. The van der Waals surface area contributed by atoms with Crippen molar-refractivity contribution < 1.29 is 9.47 Å². The summed E-state index contributed by atoms with van der Waals surface area (Å²) in [5, 5.41) is 7.19. The van der Waals surface area contributed by atoms with Gasteiger partial charge in [0.1, 0.15) is 5.75 Å². The van der Waals surface area contributed by atoms with Crippen molar-refractivity contribution in [2.45, 2.75) is 37.7 Å². The van der Waals surface area contributed by atoms with Crippen LogP contribution in [0.25, 0.3) is 54.4 Å². The number of hydrogen-bond acceptors (Lipinski definition) is 3. The summed E-state index contributed by atoms with van der Waals surface area (Å²) >= 11 is 0. The number of rotatable bonds is 5. The van der Waals surface area contributed by atoms with Gasteiger partial charge in [-0.25, -0.2) is 4.85 Å². The van der Waals surface area contributed by atoms with Crippen molar-refractivity contribution in [1.82, 2.24) is 0 Å². The van der Waals surface area contributed by atoms with Crippen LogP contribution in [0.2, 0.25) is 0 Å². The molecule has 10 rings (SSSR count). The first-order valence-electron chi connectivity index (χ1n) is 18.9. The van der Waals surface area contributed by atoms with Gasteiger partial charge in [0.05, 0.1) is 19.8 Å². The van der Waals surface area contributed by atoms with Gasteiger partial charge in [-0.3, -0.25) is 0 Å². The third kappa shape index (κ3) is 4.57. The molecule has 7 aromatic carbocycles. The average Bonchev–Trinajstić information content (AvgIpc) is 3.53. The van der Waals surface area contributed by atoms with E-state index in [2.05, 4.69) is 151 Å². The minimum absolute atomic E-state index is 0.241. The summed E-state index contributed by atoms with van der Waals surface area (Å²) in [6.07, 6.45) is 6.52. The lowest BCUT2D eigenvalue weighted by atomic mass is 9.71. The lowest BCUT2D eigenvalue weighted by Gasteiger charge is -2.39. The smallest absolute Gasteiger partial charge is 0.187 e. The van der Waals surface area contributed by atoms with Crippen LogP contribution in [-0.4, -0.2) is 26.3 Å². The predicted octanol–water partition coefficient (Wildman–Crippen LogP) is 12.0. The predicted molar refractivity (Wildman–Crippen MR) is 218 cm³/mol. The third-order valence-corrected chi connectivity index (χ3v) is 12.4. The lowest BCUT2D eigenvalue weighted by molar-refractivity contribution is 0.122. The Bertz CT molecular complexity index is 2670. The normalized spacial score (nSPS) is 18.4. The second kappa shape index (κ2) is 12.1. The van der Waals surface area contributed by atoms with E-state index in [1.165, 1.54) is 54.9 Å². The van der Waals surface area contributed by atoms with E-state index in [9.17, 15) is 0 Å². The van der Waals surface area contributed by atoms with E-state index in [0.717, 1.165) is 67.0 Å². The Morgan fingerprint density at radius 2 is 1.38 bits per heavy atom. The van der Waals surface area contributed by atoms with Crippen molar-refractivity contribution in [1.29, 1.82) is 0 Å². The van der Waals surface area contributed by atoms with Gasteiger partial charge >= 0.3 is 0 Å². The molecule has 1 atom stereocenters. The molecule has 0 bridgehead atoms. The van der Waals surface area contributed by atoms with Gasteiger partial charge in [-0.05, 0) is 86.3 Å². The fraction of sp³-hybridized carbons (Fsp3) is 0.204. The number of morpholine rings is 1. The molecule has 53 heavy (non-hydrogen) atoms. The van der Waals surface area contributed by atoms with E-state index < -0.39 is 5.60 Å². The highest BCUT2D eigenvalue weighted by atomic mass is 16.5. The summed E-state index contributed by atoms with van der Waals surface area (Å²) in [5.74, 6) is 0.918. The molecule has 1 unspecified atom stereocenters. The zero-order chi connectivity index (χ0) is 35.7. The Morgan fingerprint density at radius 1 is 0.698 bits per heavy atom. The highest BCUT2D eigenvalue weighted by Gasteiger charge is 2.47. The van der Waals surface area contributed by atoms with Crippen molar-refractivity contribution in [3.05, 3.63) is 167 Å². The molecule has 0 aromatic heterocycles. The fourth-order valence-electron chi connectivity index (χ4n) is 9.65. The zero-order valence-corrected chi connectivity index (χ0v) is 30.2. The molecule has 0 radical (unpaired) electrons. The molecule has 0 amide bonds. The molecule has 3 aliphatic rings. The van der Waals surface area contributed by atoms with Crippen molar-refractivity contribution >= 4 is 49.8 Å². The van der Waals surface area contributed by atoms with E-state index >= 15 is 0 Å². The molecular weight excluding hydrogens is 649 g/mol. The van der Waals surface area contributed by atoms with Crippen LogP contribution >= 0.6 is 0 Å². The van der Waals surface area contributed by atoms with Crippen molar-refractivity contribution in [3.8, 4) is 16.9 Å². The van der Waals surface area contributed by atoms with Gasteiger partial charge in [0.25, 0.3) is 0 Å². The minimum atomic E-state index is -0.886. The Morgan fingerprint density at radius 3 is 2.13 bits per heavy atom. The zero-order valence-electron chi connectivity index (χ0n) is 30.2. The molecule has 0 saturated carbocycles. The first-order chi connectivity index (χ1) is 26.1. The van der Waals surface area contributed by atoms with Crippen molar-refractivity contribution in [3.63, 3.8) is 0 Å².